The second-order valence-corrected chi connectivity index (χ2v) is 6.75. The van der Waals surface area contributed by atoms with E-state index in [4.69, 9.17) is 5.73 Å². The summed E-state index contributed by atoms with van der Waals surface area (Å²) in [5.41, 5.74) is 4.34. The van der Waals surface area contributed by atoms with E-state index in [1.54, 1.807) is 19.2 Å². The maximum atomic E-state index is 14.3. The number of halogens is 1. The van der Waals surface area contributed by atoms with E-state index in [1.165, 1.54) is 34.0 Å². The highest BCUT2D eigenvalue weighted by atomic mass is 19.1. The number of nitrogens with two attached hydrogens (primary N) is 1. The van der Waals surface area contributed by atoms with Crippen LogP contribution in [-0.4, -0.2) is 55.8 Å². The van der Waals surface area contributed by atoms with Crippen LogP contribution >= 0.6 is 0 Å². The van der Waals surface area contributed by atoms with Crippen molar-refractivity contribution in [2.75, 3.05) is 13.6 Å². The Morgan fingerprint density at radius 1 is 1.38 bits per heavy atom. The number of pyridine rings is 1. The first-order chi connectivity index (χ1) is 13.8. The Balaban J connectivity index is 1.80. The van der Waals surface area contributed by atoms with Gasteiger partial charge in [-0.25, -0.2) is 14.1 Å². The average Bonchev–Trinajstić information content (AvgIpc) is 3.22. The van der Waals surface area contributed by atoms with E-state index < -0.39 is 23.2 Å². The standard InChI is InChI=1S/C20H16FN5O3/c1-25-10-8-20(29,19(25)28)7-6-12-11-13(4-5-15(12)21)26-18-14(3-2-9-23-18)16(24-26)17(22)27/h2-5,9,11,29H,8,10H2,1H3,(H2,22,27). The van der Waals surface area contributed by atoms with Crippen LogP contribution in [0.4, 0.5) is 4.39 Å². The van der Waals surface area contributed by atoms with Gasteiger partial charge in [-0.3, -0.25) is 9.59 Å². The van der Waals surface area contributed by atoms with Gasteiger partial charge >= 0.3 is 0 Å². The lowest BCUT2D eigenvalue weighted by atomic mass is 10.0. The molecule has 2 aromatic heterocycles. The quantitative estimate of drug-likeness (QED) is 0.619. The Morgan fingerprint density at radius 2 is 2.17 bits per heavy atom. The fraction of sp³-hybridized carbons (Fsp3) is 0.200. The molecule has 1 unspecified atom stereocenters. The van der Waals surface area contributed by atoms with Crippen LogP contribution in [0.5, 0.6) is 0 Å². The van der Waals surface area contributed by atoms with Crippen LogP contribution in [0.25, 0.3) is 16.7 Å². The number of benzene rings is 1. The minimum absolute atomic E-state index is 0.0292. The number of aromatic nitrogens is 3. The summed E-state index contributed by atoms with van der Waals surface area (Å²) in [6.07, 6.45) is 1.68. The second-order valence-electron chi connectivity index (χ2n) is 6.75. The summed E-state index contributed by atoms with van der Waals surface area (Å²) >= 11 is 0. The molecule has 1 aliphatic heterocycles. The third kappa shape index (κ3) is 3.09. The zero-order chi connectivity index (χ0) is 20.8. The van der Waals surface area contributed by atoms with E-state index in [-0.39, 0.29) is 17.7 Å². The van der Waals surface area contributed by atoms with E-state index in [1.807, 2.05) is 0 Å². The van der Waals surface area contributed by atoms with Gasteiger partial charge in [0.2, 0.25) is 5.60 Å². The van der Waals surface area contributed by atoms with Crippen molar-refractivity contribution in [1.29, 1.82) is 0 Å². The molecule has 3 aromatic rings. The molecule has 2 amide bonds. The summed E-state index contributed by atoms with van der Waals surface area (Å²) in [5, 5.41) is 15.1. The van der Waals surface area contributed by atoms with Gasteiger partial charge in [0.25, 0.3) is 11.8 Å². The lowest BCUT2D eigenvalue weighted by Crippen LogP contribution is -2.37. The topological polar surface area (TPSA) is 114 Å². The molecule has 8 nitrogen and oxygen atoms in total. The molecular weight excluding hydrogens is 377 g/mol. The van der Waals surface area contributed by atoms with Crippen molar-refractivity contribution in [3.05, 3.63) is 53.6 Å². The zero-order valence-electron chi connectivity index (χ0n) is 15.4. The fourth-order valence-electron chi connectivity index (χ4n) is 3.20. The molecule has 0 aliphatic carbocycles. The number of likely N-dealkylation sites (N-methyl/N-ethyl adjacent to an activating group) is 1. The largest absolute Gasteiger partial charge is 0.369 e. The van der Waals surface area contributed by atoms with Gasteiger partial charge in [0, 0.05) is 26.2 Å². The molecule has 29 heavy (non-hydrogen) atoms. The Kier molecular flexibility index (Phi) is 4.28. The number of aliphatic hydroxyl groups is 1. The van der Waals surface area contributed by atoms with Crippen molar-refractivity contribution < 1.29 is 19.1 Å². The van der Waals surface area contributed by atoms with Gasteiger partial charge in [0.15, 0.2) is 11.3 Å². The van der Waals surface area contributed by atoms with E-state index in [0.29, 0.717) is 23.3 Å². The molecule has 0 radical (unpaired) electrons. The number of hydrogen-bond donors (Lipinski definition) is 2. The Bertz CT molecular complexity index is 1230. The Morgan fingerprint density at radius 3 is 2.86 bits per heavy atom. The molecule has 1 atom stereocenters. The summed E-state index contributed by atoms with van der Waals surface area (Å²) in [4.78, 5) is 29.3. The Labute approximate surface area is 164 Å². The van der Waals surface area contributed by atoms with Crippen LogP contribution in [0.2, 0.25) is 0 Å². The number of amides is 2. The molecule has 3 heterocycles. The molecule has 9 heteroatoms. The summed E-state index contributed by atoms with van der Waals surface area (Å²) in [5.74, 6) is 3.19. The molecule has 146 valence electrons. The van der Waals surface area contributed by atoms with Crippen molar-refractivity contribution in [2.24, 2.45) is 5.73 Å². The van der Waals surface area contributed by atoms with E-state index in [0.717, 1.165) is 0 Å². The number of fused-ring (bicyclic) bond motifs is 1. The highest BCUT2D eigenvalue weighted by Crippen LogP contribution is 2.23. The van der Waals surface area contributed by atoms with Gasteiger partial charge in [0.05, 0.1) is 16.6 Å². The first-order valence-corrected chi connectivity index (χ1v) is 8.75. The van der Waals surface area contributed by atoms with E-state index in [2.05, 4.69) is 21.9 Å². The molecule has 3 N–H and O–H groups in total. The van der Waals surface area contributed by atoms with Gasteiger partial charge in [-0.05, 0) is 30.3 Å². The molecule has 1 saturated heterocycles. The maximum Gasteiger partial charge on any atom is 0.269 e. The third-order valence-corrected chi connectivity index (χ3v) is 4.78. The zero-order valence-corrected chi connectivity index (χ0v) is 15.4. The summed E-state index contributed by atoms with van der Waals surface area (Å²) in [6.45, 7) is 0.368. The smallest absolute Gasteiger partial charge is 0.269 e. The van der Waals surface area contributed by atoms with Crippen molar-refractivity contribution in [2.45, 2.75) is 12.0 Å². The van der Waals surface area contributed by atoms with Crippen LogP contribution in [0.15, 0.2) is 36.5 Å². The number of primary amides is 1. The SMILES string of the molecule is CN1CCC(O)(C#Cc2cc(-n3nc(C(N)=O)c4cccnc43)ccc2F)C1=O. The average molecular weight is 393 g/mol. The summed E-state index contributed by atoms with van der Waals surface area (Å²) in [7, 11) is 1.56. The lowest BCUT2D eigenvalue weighted by molar-refractivity contribution is -0.137. The molecule has 0 spiro atoms. The van der Waals surface area contributed by atoms with Gasteiger partial charge in [-0.1, -0.05) is 11.8 Å². The fourth-order valence-corrected chi connectivity index (χ4v) is 3.20. The molecule has 0 saturated carbocycles. The predicted molar refractivity (Wildman–Crippen MR) is 101 cm³/mol. The van der Waals surface area contributed by atoms with E-state index >= 15 is 0 Å². The minimum Gasteiger partial charge on any atom is -0.369 e. The Hall–Kier alpha value is -3.77. The maximum absolute atomic E-state index is 14.3. The first-order valence-electron chi connectivity index (χ1n) is 8.75. The van der Waals surface area contributed by atoms with Crippen LogP contribution in [0.3, 0.4) is 0 Å². The van der Waals surface area contributed by atoms with E-state index in [9.17, 15) is 19.1 Å². The third-order valence-electron chi connectivity index (χ3n) is 4.78. The number of carbonyl (C=O) groups is 2. The number of nitrogens with zero attached hydrogens (tertiary/aromatic N) is 4. The molecule has 1 aliphatic rings. The van der Waals surface area contributed by atoms with Crippen molar-refractivity contribution in [3.63, 3.8) is 0 Å². The first kappa shape index (κ1) is 18.6. The number of rotatable bonds is 2. The molecular formula is C20H16FN5O3. The minimum atomic E-state index is -1.84. The highest BCUT2D eigenvalue weighted by molar-refractivity contribution is 6.03. The lowest BCUT2D eigenvalue weighted by Gasteiger charge is -2.13. The van der Waals surface area contributed by atoms with Gasteiger partial charge < -0.3 is 15.7 Å². The van der Waals surface area contributed by atoms with Crippen molar-refractivity contribution in [3.8, 4) is 17.5 Å². The summed E-state index contributed by atoms with van der Waals surface area (Å²) in [6, 6.07) is 7.36. The van der Waals surface area contributed by atoms with Crippen molar-refractivity contribution in [1.82, 2.24) is 19.7 Å². The molecule has 0 bridgehead atoms. The van der Waals surface area contributed by atoms with Crippen molar-refractivity contribution >= 4 is 22.8 Å². The monoisotopic (exact) mass is 393 g/mol. The van der Waals surface area contributed by atoms with Crippen LogP contribution < -0.4 is 5.73 Å². The number of likely N-dealkylation sites (tertiary alicyclic amines) is 1. The van der Waals surface area contributed by atoms with Crippen LogP contribution in [-0.2, 0) is 4.79 Å². The summed E-state index contributed by atoms with van der Waals surface area (Å²) < 4.78 is 15.7. The van der Waals surface area contributed by atoms with Gasteiger partial charge in [-0.15, -0.1) is 0 Å². The normalized spacial score (nSPS) is 18.7. The highest BCUT2D eigenvalue weighted by Gasteiger charge is 2.42. The van der Waals surface area contributed by atoms with Crippen LogP contribution in [0, 0.1) is 17.7 Å². The predicted octanol–water partition coefficient (Wildman–Crippen LogP) is 0.603. The molecule has 1 aromatic carbocycles. The number of hydrogen-bond acceptors (Lipinski definition) is 5. The second kappa shape index (κ2) is 6.68. The number of carbonyl (C=O) groups excluding carboxylic acids is 2. The van der Waals surface area contributed by atoms with Gasteiger partial charge in [-0.2, -0.15) is 5.10 Å². The molecule has 1 fully saturated rings. The molecule has 4 rings (SSSR count). The van der Waals surface area contributed by atoms with Gasteiger partial charge in [0.1, 0.15) is 5.82 Å². The van der Waals surface area contributed by atoms with Crippen LogP contribution in [0.1, 0.15) is 22.5 Å².